The smallest absolute Gasteiger partial charge is 0.289 e. The normalized spacial score (nSPS) is 11.2. The third-order valence-corrected chi connectivity index (χ3v) is 2.80. The van der Waals surface area contributed by atoms with E-state index in [0.29, 0.717) is 12.1 Å². The number of carbonyl (C=O) groups is 1. The van der Waals surface area contributed by atoms with Crippen molar-refractivity contribution in [1.82, 2.24) is 0 Å². The molecule has 2 aromatic rings. The Kier molecular flexibility index (Phi) is 3.75. The zero-order valence-corrected chi connectivity index (χ0v) is 10.4. The molecule has 0 unspecified atom stereocenters. The van der Waals surface area contributed by atoms with Crippen LogP contribution in [0.4, 0.5) is 18.9 Å². The minimum Gasteiger partial charge on any atom is -0.289 e. The van der Waals surface area contributed by atoms with Crippen molar-refractivity contribution in [2.45, 2.75) is 6.18 Å². The number of nitro groups is 1. The Morgan fingerprint density at radius 2 is 1.62 bits per heavy atom. The predicted molar refractivity (Wildman–Crippen MR) is 68.0 cm³/mol. The van der Waals surface area contributed by atoms with Crippen LogP contribution in [0.2, 0.25) is 0 Å². The van der Waals surface area contributed by atoms with Crippen molar-refractivity contribution in [1.29, 1.82) is 0 Å². The Hall–Kier alpha value is -2.70. The lowest BCUT2D eigenvalue weighted by Gasteiger charge is -2.08. The fourth-order valence-electron chi connectivity index (χ4n) is 1.82. The average Bonchev–Trinajstić information content (AvgIpc) is 2.45. The Labute approximate surface area is 117 Å². The zero-order valence-electron chi connectivity index (χ0n) is 10.4. The number of benzene rings is 2. The summed E-state index contributed by atoms with van der Waals surface area (Å²) >= 11 is 0. The van der Waals surface area contributed by atoms with Crippen molar-refractivity contribution in [3.63, 3.8) is 0 Å². The number of carbonyl (C=O) groups excluding carboxylic acids is 1. The van der Waals surface area contributed by atoms with Crippen LogP contribution in [-0.2, 0) is 6.18 Å². The minimum atomic E-state index is -4.85. The van der Waals surface area contributed by atoms with Crippen LogP contribution < -0.4 is 0 Å². The van der Waals surface area contributed by atoms with Crippen LogP contribution in [0.5, 0.6) is 0 Å². The summed E-state index contributed by atoms with van der Waals surface area (Å²) in [7, 11) is 0. The largest absolute Gasteiger partial charge is 0.422 e. The molecule has 0 aliphatic rings. The first-order valence-corrected chi connectivity index (χ1v) is 5.76. The third kappa shape index (κ3) is 3.07. The molecule has 0 saturated heterocycles. The fourth-order valence-corrected chi connectivity index (χ4v) is 1.82. The zero-order chi connectivity index (χ0) is 15.6. The van der Waals surface area contributed by atoms with Crippen molar-refractivity contribution in [3.8, 4) is 0 Å². The lowest BCUT2D eigenvalue weighted by Crippen LogP contribution is -2.10. The Bertz CT molecular complexity index is 696. The van der Waals surface area contributed by atoms with Gasteiger partial charge >= 0.3 is 6.18 Å². The van der Waals surface area contributed by atoms with Gasteiger partial charge in [-0.25, -0.2) is 0 Å². The Morgan fingerprint density at radius 3 is 2.14 bits per heavy atom. The maximum absolute atomic E-state index is 12.7. The van der Waals surface area contributed by atoms with Gasteiger partial charge in [-0.3, -0.25) is 14.9 Å². The summed E-state index contributed by atoms with van der Waals surface area (Å²) in [6.07, 6.45) is -4.85. The number of nitro benzene ring substituents is 1. The van der Waals surface area contributed by atoms with E-state index in [1.54, 1.807) is 18.2 Å². The van der Waals surface area contributed by atoms with Gasteiger partial charge in [0.15, 0.2) is 5.78 Å². The molecule has 0 atom stereocenters. The molecule has 0 fully saturated rings. The molecule has 0 saturated carbocycles. The van der Waals surface area contributed by atoms with Crippen LogP contribution in [0, 0.1) is 10.1 Å². The van der Waals surface area contributed by atoms with Crippen molar-refractivity contribution in [2.75, 3.05) is 0 Å². The number of rotatable bonds is 3. The van der Waals surface area contributed by atoms with E-state index in [2.05, 4.69) is 0 Å². The highest BCUT2D eigenvalue weighted by molar-refractivity contribution is 6.09. The number of ketones is 1. The van der Waals surface area contributed by atoms with E-state index in [9.17, 15) is 28.1 Å². The summed E-state index contributed by atoms with van der Waals surface area (Å²) in [5.41, 5.74) is -2.44. The highest BCUT2D eigenvalue weighted by Gasteiger charge is 2.38. The van der Waals surface area contributed by atoms with Gasteiger partial charge in [0.05, 0.1) is 4.92 Å². The highest BCUT2D eigenvalue weighted by Crippen LogP contribution is 2.36. The van der Waals surface area contributed by atoms with Crippen LogP contribution in [0.15, 0.2) is 48.5 Å². The van der Waals surface area contributed by atoms with Crippen LogP contribution >= 0.6 is 0 Å². The van der Waals surface area contributed by atoms with E-state index in [1.165, 1.54) is 12.1 Å². The maximum Gasteiger partial charge on any atom is 0.422 e. The number of halogens is 3. The van der Waals surface area contributed by atoms with E-state index in [-0.39, 0.29) is 11.1 Å². The molecule has 0 heterocycles. The number of hydrogen-bond donors (Lipinski definition) is 0. The molecule has 4 nitrogen and oxygen atoms in total. The highest BCUT2D eigenvalue weighted by atomic mass is 19.4. The molecule has 0 amide bonds. The lowest BCUT2D eigenvalue weighted by atomic mass is 10.0. The predicted octanol–water partition coefficient (Wildman–Crippen LogP) is 3.84. The monoisotopic (exact) mass is 295 g/mol. The molecule has 0 bridgehead atoms. The molecule has 0 aliphatic heterocycles. The van der Waals surface area contributed by atoms with E-state index < -0.39 is 28.1 Å². The number of nitrogens with zero attached hydrogens (tertiary/aromatic N) is 1. The van der Waals surface area contributed by atoms with Gasteiger partial charge in [0.25, 0.3) is 5.69 Å². The van der Waals surface area contributed by atoms with E-state index >= 15 is 0 Å². The molecule has 2 rings (SSSR count). The molecule has 0 radical (unpaired) electrons. The van der Waals surface area contributed by atoms with Gasteiger partial charge < -0.3 is 0 Å². The Morgan fingerprint density at radius 1 is 1.00 bits per heavy atom. The van der Waals surface area contributed by atoms with E-state index in [4.69, 9.17) is 0 Å². The summed E-state index contributed by atoms with van der Waals surface area (Å²) in [5, 5.41) is 10.8. The summed E-state index contributed by atoms with van der Waals surface area (Å²) in [6, 6.07) is 9.94. The van der Waals surface area contributed by atoms with Gasteiger partial charge in [0.2, 0.25) is 0 Å². The molecular weight excluding hydrogens is 287 g/mol. The molecule has 0 aromatic heterocycles. The van der Waals surface area contributed by atoms with Crippen LogP contribution in [0.3, 0.4) is 0 Å². The molecule has 0 N–H and O–H groups in total. The van der Waals surface area contributed by atoms with Gasteiger partial charge in [-0.1, -0.05) is 30.3 Å². The van der Waals surface area contributed by atoms with Gasteiger partial charge in [-0.2, -0.15) is 13.2 Å². The summed E-state index contributed by atoms with van der Waals surface area (Å²) in [4.78, 5) is 21.7. The number of alkyl halides is 3. The van der Waals surface area contributed by atoms with Gasteiger partial charge in [-0.15, -0.1) is 0 Å². The van der Waals surface area contributed by atoms with Crippen molar-refractivity contribution in [2.24, 2.45) is 0 Å². The van der Waals surface area contributed by atoms with E-state index in [0.717, 1.165) is 6.07 Å². The molecule has 0 aliphatic carbocycles. The third-order valence-electron chi connectivity index (χ3n) is 2.80. The van der Waals surface area contributed by atoms with Crippen LogP contribution in [-0.4, -0.2) is 10.7 Å². The summed E-state index contributed by atoms with van der Waals surface area (Å²) in [5.74, 6) is -0.576. The summed E-state index contributed by atoms with van der Waals surface area (Å²) in [6.45, 7) is 0. The molecule has 108 valence electrons. The molecule has 21 heavy (non-hydrogen) atoms. The fraction of sp³-hybridized carbons (Fsp3) is 0.0714. The SMILES string of the molecule is O=C(c1ccccc1)c1ccc(C(F)(F)F)c([N+](=O)[O-])c1. The quantitative estimate of drug-likeness (QED) is 0.491. The summed E-state index contributed by atoms with van der Waals surface area (Å²) < 4.78 is 38.0. The maximum atomic E-state index is 12.7. The van der Waals surface area contributed by atoms with Crippen molar-refractivity contribution < 1.29 is 22.9 Å². The average molecular weight is 295 g/mol. The van der Waals surface area contributed by atoms with Gasteiger partial charge in [-0.05, 0) is 12.1 Å². The molecular formula is C14H8F3NO3. The second-order valence-electron chi connectivity index (χ2n) is 4.18. The van der Waals surface area contributed by atoms with Crippen LogP contribution in [0.25, 0.3) is 0 Å². The topological polar surface area (TPSA) is 60.2 Å². The first-order chi connectivity index (χ1) is 9.80. The van der Waals surface area contributed by atoms with Crippen LogP contribution in [0.1, 0.15) is 21.5 Å². The lowest BCUT2D eigenvalue weighted by molar-refractivity contribution is -0.388. The molecule has 0 spiro atoms. The number of hydrogen-bond acceptors (Lipinski definition) is 3. The first-order valence-electron chi connectivity index (χ1n) is 5.76. The van der Waals surface area contributed by atoms with Crippen molar-refractivity contribution in [3.05, 3.63) is 75.3 Å². The van der Waals surface area contributed by atoms with Gasteiger partial charge in [0, 0.05) is 17.2 Å². The molecule has 2 aromatic carbocycles. The minimum absolute atomic E-state index is 0.166. The second kappa shape index (κ2) is 5.35. The first kappa shape index (κ1) is 14.7. The molecule has 7 heteroatoms. The van der Waals surface area contributed by atoms with Gasteiger partial charge in [0.1, 0.15) is 5.56 Å². The van der Waals surface area contributed by atoms with Crippen molar-refractivity contribution >= 4 is 11.5 Å². The standard InChI is InChI=1S/C14H8F3NO3/c15-14(16,17)11-7-6-10(8-12(11)18(20)21)13(19)9-4-2-1-3-5-9/h1-8H. The second-order valence-corrected chi connectivity index (χ2v) is 4.18. The van der Waals surface area contributed by atoms with E-state index in [1.807, 2.05) is 0 Å². The Balaban J connectivity index is 2.51.